The highest BCUT2D eigenvalue weighted by Gasteiger charge is 2.27. The van der Waals surface area contributed by atoms with Crippen LogP contribution in [0.3, 0.4) is 0 Å². The summed E-state index contributed by atoms with van der Waals surface area (Å²) in [5.41, 5.74) is 5.19. The molecule has 4 rings (SSSR count). The number of aliphatic hydroxyl groups excluding tert-OH is 1. The van der Waals surface area contributed by atoms with Gasteiger partial charge in [0.05, 0.1) is 6.61 Å². The number of rotatable bonds is 3. The number of tetrazole rings is 1. The predicted octanol–water partition coefficient (Wildman–Crippen LogP) is 3.10. The van der Waals surface area contributed by atoms with Crippen LogP contribution in [0.25, 0.3) is 22.6 Å². The number of aryl methyl sites for hydroxylation is 1. The Kier molecular flexibility index (Phi) is 4.24. The minimum atomic E-state index is -0.285. The van der Waals surface area contributed by atoms with Gasteiger partial charge in [0.25, 0.3) is 0 Å². The van der Waals surface area contributed by atoms with Crippen LogP contribution in [0.1, 0.15) is 43.0 Å². The van der Waals surface area contributed by atoms with Crippen molar-refractivity contribution in [2.24, 2.45) is 0 Å². The van der Waals surface area contributed by atoms with Crippen LogP contribution in [-0.4, -0.2) is 30.3 Å². The van der Waals surface area contributed by atoms with Crippen LogP contribution in [0.4, 0.5) is 4.39 Å². The Hall–Kier alpha value is -2.67. The highest BCUT2D eigenvalue weighted by Crippen LogP contribution is 2.39. The molecule has 0 saturated heterocycles. The number of hydrogen-bond donors (Lipinski definition) is 1. The van der Waals surface area contributed by atoms with Gasteiger partial charge in [0.2, 0.25) is 5.82 Å². The number of hydrogen-bond acceptors (Lipinski definition) is 5. The molecular formula is C19H20FN5O. The number of halogens is 1. The van der Waals surface area contributed by atoms with Crippen molar-refractivity contribution in [3.63, 3.8) is 0 Å². The van der Waals surface area contributed by atoms with Gasteiger partial charge in [0.15, 0.2) is 0 Å². The summed E-state index contributed by atoms with van der Waals surface area (Å²) in [5, 5.41) is 22.2. The first-order valence-corrected chi connectivity index (χ1v) is 8.79. The van der Waals surface area contributed by atoms with Gasteiger partial charge in [-0.2, -0.15) is 0 Å². The van der Waals surface area contributed by atoms with Crippen LogP contribution in [0.2, 0.25) is 0 Å². The molecule has 26 heavy (non-hydrogen) atoms. The molecule has 1 N–H and O–H groups in total. The van der Waals surface area contributed by atoms with Gasteiger partial charge in [-0.3, -0.25) is 0 Å². The Morgan fingerprint density at radius 2 is 2.00 bits per heavy atom. The number of benzene rings is 1. The van der Waals surface area contributed by atoms with E-state index in [0.29, 0.717) is 12.4 Å². The molecule has 0 bridgehead atoms. The number of nitrogens with zero attached hydrogens (tertiary/aromatic N) is 5. The van der Waals surface area contributed by atoms with E-state index in [0.717, 1.165) is 46.5 Å². The van der Waals surface area contributed by atoms with Crippen molar-refractivity contribution in [3.8, 4) is 22.6 Å². The molecule has 0 radical (unpaired) electrons. The van der Waals surface area contributed by atoms with Crippen LogP contribution in [0.5, 0.6) is 0 Å². The van der Waals surface area contributed by atoms with E-state index in [1.807, 2.05) is 13.8 Å². The van der Waals surface area contributed by atoms with E-state index in [1.165, 1.54) is 12.1 Å². The second-order valence-electron chi connectivity index (χ2n) is 6.83. The highest BCUT2D eigenvalue weighted by atomic mass is 19.1. The lowest BCUT2D eigenvalue weighted by molar-refractivity contribution is 0.280. The van der Waals surface area contributed by atoms with E-state index in [4.69, 9.17) is 4.98 Å². The lowest BCUT2D eigenvalue weighted by atomic mass is 9.88. The van der Waals surface area contributed by atoms with E-state index in [9.17, 15) is 9.50 Å². The van der Waals surface area contributed by atoms with Gasteiger partial charge in [0, 0.05) is 17.8 Å². The molecule has 0 aliphatic carbocycles. The van der Waals surface area contributed by atoms with E-state index in [2.05, 4.69) is 15.5 Å². The van der Waals surface area contributed by atoms with Crippen LogP contribution in [0.15, 0.2) is 24.3 Å². The summed E-state index contributed by atoms with van der Waals surface area (Å²) in [7, 11) is 0. The summed E-state index contributed by atoms with van der Waals surface area (Å²) in [6.07, 6.45) is 1.65. The first-order chi connectivity index (χ1) is 12.6. The first kappa shape index (κ1) is 16.8. The van der Waals surface area contributed by atoms with E-state index >= 15 is 0 Å². The molecule has 3 heterocycles. The topological polar surface area (TPSA) is 76.7 Å². The lowest BCUT2D eigenvalue weighted by Crippen LogP contribution is -2.09. The molecule has 1 aromatic carbocycles. The average molecular weight is 353 g/mol. The van der Waals surface area contributed by atoms with Crippen molar-refractivity contribution in [1.29, 1.82) is 0 Å². The third-order valence-corrected chi connectivity index (χ3v) is 4.81. The minimum Gasteiger partial charge on any atom is -0.392 e. The van der Waals surface area contributed by atoms with Crippen LogP contribution in [0, 0.1) is 5.82 Å². The standard InChI is InChI=1S/C19H20FN5O/c1-11(2)17-15(10-26)16(12-5-7-13(20)8-6-12)14-4-3-9-25-19(18(14)21-17)22-23-24-25/h5-8,11,26H,3-4,9-10H2,1-2H3. The second kappa shape index (κ2) is 6.57. The van der Waals surface area contributed by atoms with Crippen LogP contribution < -0.4 is 0 Å². The van der Waals surface area contributed by atoms with Crippen molar-refractivity contribution >= 4 is 0 Å². The summed E-state index contributed by atoms with van der Waals surface area (Å²) in [4.78, 5) is 4.86. The molecule has 134 valence electrons. The minimum absolute atomic E-state index is 0.120. The zero-order valence-electron chi connectivity index (χ0n) is 14.8. The molecule has 0 amide bonds. The zero-order chi connectivity index (χ0) is 18.3. The molecule has 0 saturated carbocycles. The fourth-order valence-corrected chi connectivity index (χ4v) is 3.65. The average Bonchev–Trinajstić information content (AvgIpc) is 3.03. The Bertz CT molecular complexity index is 949. The highest BCUT2D eigenvalue weighted by molar-refractivity contribution is 5.78. The molecule has 0 atom stereocenters. The monoisotopic (exact) mass is 353 g/mol. The van der Waals surface area contributed by atoms with Gasteiger partial charge in [-0.15, -0.1) is 5.10 Å². The van der Waals surface area contributed by atoms with Crippen molar-refractivity contribution in [2.75, 3.05) is 0 Å². The smallest absolute Gasteiger partial charge is 0.200 e. The molecule has 1 aliphatic heterocycles. The molecular weight excluding hydrogens is 333 g/mol. The Balaban J connectivity index is 2.08. The SMILES string of the molecule is CC(C)c1nc2c(c(-c3ccc(F)cc3)c1CO)CCCn1nnnc1-2. The molecule has 0 unspecified atom stereocenters. The Labute approximate surface area is 150 Å². The third-order valence-electron chi connectivity index (χ3n) is 4.81. The van der Waals surface area contributed by atoms with Gasteiger partial charge < -0.3 is 5.11 Å². The Morgan fingerprint density at radius 1 is 1.23 bits per heavy atom. The molecule has 6 nitrogen and oxygen atoms in total. The quantitative estimate of drug-likeness (QED) is 0.783. The zero-order valence-corrected chi connectivity index (χ0v) is 14.8. The van der Waals surface area contributed by atoms with Crippen molar-refractivity contribution in [2.45, 2.75) is 45.8 Å². The number of pyridine rings is 1. The van der Waals surface area contributed by atoms with Crippen molar-refractivity contribution in [3.05, 3.63) is 46.9 Å². The lowest BCUT2D eigenvalue weighted by Gasteiger charge is -2.21. The maximum absolute atomic E-state index is 13.5. The number of aromatic nitrogens is 5. The van der Waals surface area contributed by atoms with Crippen LogP contribution in [-0.2, 0) is 19.6 Å². The molecule has 0 fully saturated rings. The van der Waals surface area contributed by atoms with Crippen molar-refractivity contribution < 1.29 is 9.50 Å². The maximum atomic E-state index is 13.5. The summed E-state index contributed by atoms with van der Waals surface area (Å²) >= 11 is 0. The van der Waals surface area contributed by atoms with Gasteiger partial charge in [-0.1, -0.05) is 26.0 Å². The predicted molar refractivity (Wildman–Crippen MR) is 94.8 cm³/mol. The summed E-state index contributed by atoms with van der Waals surface area (Å²) < 4.78 is 15.2. The summed E-state index contributed by atoms with van der Waals surface area (Å²) in [6.45, 7) is 4.68. The second-order valence-corrected chi connectivity index (χ2v) is 6.83. The van der Waals surface area contributed by atoms with Gasteiger partial charge in [0.1, 0.15) is 11.5 Å². The van der Waals surface area contributed by atoms with E-state index in [1.54, 1.807) is 16.8 Å². The number of fused-ring (bicyclic) bond motifs is 3. The molecule has 7 heteroatoms. The van der Waals surface area contributed by atoms with Gasteiger partial charge >= 0.3 is 0 Å². The molecule has 1 aliphatic rings. The maximum Gasteiger partial charge on any atom is 0.200 e. The van der Waals surface area contributed by atoms with Crippen molar-refractivity contribution in [1.82, 2.24) is 25.2 Å². The molecule has 0 spiro atoms. The van der Waals surface area contributed by atoms with Crippen LogP contribution >= 0.6 is 0 Å². The summed E-state index contributed by atoms with van der Waals surface area (Å²) in [6, 6.07) is 6.39. The Morgan fingerprint density at radius 3 is 2.69 bits per heavy atom. The van der Waals surface area contributed by atoms with Gasteiger partial charge in [-0.05, 0) is 58.0 Å². The normalized spacial score (nSPS) is 13.4. The number of aliphatic hydroxyl groups is 1. The fraction of sp³-hybridized carbons (Fsp3) is 0.368. The summed E-state index contributed by atoms with van der Waals surface area (Å²) in [5.74, 6) is 0.481. The van der Waals surface area contributed by atoms with Gasteiger partial charge in [-0.25, -0.2) is 14.1 Å². The third kappa shape index (κ3) is 2.68. The molecule has 2 aromatic heterocycles. The molecule has 3 aromatic rings. The first-order valence-electron chi connectivity index (χ1n) is 8.79. The van der Waals surface area contributed by atoms with E-state index < -0.39 is 0 Å². The van der Waals surface area contributed by atoms with E-state index in [-0.39, 0.29) is 18.3 Å². The largest absolute Gasteiger partial charge is 0.392 e. The fourth-order valence-electron chi connectivity index (χ4n) is 3.65.